The zero-order valence-electron chi connectivity index (χ0n) is 15.3. The smallest absolute Gasteiger partial charge is 0.237 e. The third-order valence-electron chi connectivity index (χ3n) is 6.20. The Labute approximate surface area is 147 Å². The number of hydrogen-bond donors (Lipinski definition) is 1. The molecule has 2 heterocycles. The first-order chi connectivity index (χ1) is 11.7. The summed E-state index contributed by atoms with van der Waals surface area (Å²) in [7, 11) is 0. The fraction of sp³-hybridized carbons (Fsp3) is 0.850. The van der Waals surface area contributed by atoms with Gasteiger partial charge in [0.1, 0.15) is 0 Å². The summed E-state index contributed by atoms with van der Waals surface area (Å²) >= 11 is 0. The molecule has 0 aromatic heterocycles. The van der Waals surface area contributed by atoms with Crippen LogP contribution in [0.4, 0.5) is 0 Å². The summed E-state index contributed by atoms with van der Waals surface area (Å²) in [6.07, 6.45) is 14.2. The quantitative estimate of drug-likeness (QED) is 0.759. The summed E-state index contributed by atoms with van der Waals surface area (Å²) in [6, 6.07) is 0.0585. The lowest BCUT2D eigenvalue weighted by Gasteiger charge is -2.43. The molecule has 0 unspecified atom stereocenters. The van der Waals surface area contributed by atoms with Crippen molar-refractivity contribution in [3.8, 4) is 0 Å². The van der Waals surface area contributed by atoms with Crippen molar-refractivity contribution in [2.45, 2.75) is 75.8 Å². The lowest BCUT2D eigenvalue weighted by Crippen LogP contribution is -2.60. The van der Waals surface area contributed by atoms with Crippen LogP contribution in [0.5, 0.6) is 0 Å². The minimum Gasteiger partial charge on any atom is -0.348 e. The molecule has 1 saturated carbocycles. The highest BCUT2D eigenvalue weighted by Crippen LogP contribution is 2.31. The zero-order chi connectivity index (χ0) is 16.8. The maximum atomic E-state index is 13.0. The number of hydrogen-bond acceptors (Lipinski definition) is 3. The van der Waals surface area contributed by atoms with Crippen LogP contribution in [0, 0.1) is 0 Å². The van der Waals surface area contributed by atoms with Crippen molar-refractivity contribution in [1.29, 1.82) is 0 Å². The number of carbonyl (C=O) groups excluding carboxylic acids is 1. The Bertz CT molecular complexity index is 425. The molecule has 1 aliphatic carbocycles. The standard InChI is InChI=1S/C20H35N3O/c1-2-13-23-16-9-10-18(23)19(24)21-20(11-5-3-6-12-20)17-22-14-7-4-8-15-22/h2,18H,1,3-17H2,(H,21,24)/t18-/m0/s1. The van der Waals surface area contributed by atoms with E-state index in [-0.39, 0.29) is 17.5 Å². The number of nitrogens with one attached hydrogen (secondary N) is 1. The highest BCUT2D eigenvalue weighted by molar-refractivity contribution is 5.82. The largest absolute Gasteiger partial charge is 0.348 e. The molecule has 1 amide bonds. The maximum absolute atomic E-state index is 13.0. The molecule has 2 saturated heterocycles. The van der Waals surface area contributed by atoms with Crippen LogP contribution in [0.2, 0.25) is 0 Å². The Morgan fingerprint density at radius 1 is 1.04 bits per heavy atom. The van der Waals surface area contributed by atoms with Crippen molar-refractivity contribution >= 4 is 5.91 Å². The topological polar surface area (TPSA) is 35.6 Å². The SMILES string of the molecule is C=CCN1CCC[C@H]1C(=O)NC1(CN2CCCCC2)CCCCC1. The molecular formula is C20H35N3O. The molecule has 1 atom stereocenters. The van der Waals surface area contributed by atoms with Gasteiger partial charge in [-0.05, 0) is 58.2 Å². The lowest BCUT2D eigenvalue weighted by molar-refractivity contribution is -0.128. The fourth-order valence-corrected chi connectivity index (χ4v) is 4.95. The highest BCUT2D eigenvalue weighted by Gasteiger charge is 2.39. The second-order valence-corrected chi connectivity index (χ2v) is 8.11. The first-order valence-corrected chi connectivity index (χ1v) is 10.1. The van der Waals surface area contributed by atoms with Crippen LogP contribution in [-0.2, 0) is 4.79 Å². The number of piperidine rings is 1. The molecule has 1 N–H and O–H groups in total. The number of rotatable bonds is 6. The van der Waals surface area contributed by atoms with E-state index in [2.05, 4.69) is 21.7 Å². The van der Waals surface area contributed by atoms with Gasteiger partial charge in [0, 0.05) is 13.1 Å². The predicted octanol–water partition coefficient (Wildman–Crippen LogP) is 2.94. The highest BCUT2D eigenvalue weighted by atomic mass is 16.2. The summed E-state index contributed by atoms with van der Waals surface area (Å²) in [5.74, 6) is 0.272. The predicted molar refractivity (Wildman–Crippen MR) is 99.0 cm³/mol. The van der Waals surface area contributed by atoms with Crippen LogP contribution in [0.3, 0.4) is 0 Å². The summed E-state index contributed by atoms with van der Waals surface area (Å²) in [6.45, 7) is 9.19. The molecule has 0 aromatic carbocycles. The lowest BCUT2D eigenvalue weighted by atomic mass is 9.80. The minimum atomic E-state index is 0.0229. The molecule has 0 bridgehead atoms. The van der Waals surface area contributed by atoms with E-state index in [1.165, 1.54) is 51.6 Å². The van der Waals surface area contributed by atoms with E-state index in [0.29, 0.717) is 0 Å². The van der Waals surface area contributed by atoms with Gasteiger partial charge >= 0.3 is 0 Å². The van der Waals surface area contributed by atoms with Gasteiger partial charge in [-0.2, -0.15) is 0 Å². The summed E-state index contributed by atoms with van der Waals surface area (Å²) in [5.41, 5.74) is 0.0229. The molecule has 136 valence electrons. The average molecular weight is 334 g/mol. The summed E-state index contributed by atoms with van der Waals surface area (Å²) in [4.78, 5) is 17.9. The van der Waals surface area contributed by atoms with E-state index in [4.69, 9.17) is 0 Å². The molecule has 3 rings (SSSR count). The van der Waals surface area contributed by atoms with E-state index >= 15 is 0 Å². The first kappa shape index (κ1) is 17.9. The molecule has 2 aliphatic heterocycles. The maximum Gasteiger partial charge on any atom is 0.237 e. The Balaban J connectivity index is 1.64. The van der Waals surface area contributed by atoms with E-state index in [1.807, 2.05) is 6.08 Å². The Morgan fingerprint density at radius 2 is 1.75 bits per heavy atom. The normalized spacial score (nSPS) is 28.6. The molecule has 3 aliphatic rings. The zero-order valence-corrected chi connectivity index (χ0v) is 15.3. The van der Waals surface area contributed by atoms with Crippen LogP contribution >= 0.6 is 0 Å². The van der Waals surface area contributed by atoms with Crippen LogP contribution in [0.1, 0.15) is 64.2 Å². The van der Waals surface area contributed by atoms with Crippen molar-refractivity contribution in [3.63, 3.8) is 0 Å². The third-order valence-corrected chi connectivity index (χ3v) is 6.20. The van der Waals surface area contributed by atoms with E-state index in [9.17, 15) is 4.79 Å². The van der Waals surface area contributed by atoms with Crippen LogP contribution in [-0.4, -0.2) is 60.0 Å². The van der Waals surface area contributed by atoms with Gasteiger partial charge < -0.3 is 10.2 Å². The van der Waals surface area contributed by atoms with E-state index in [0.717, 1.165) is 45.3 Å². The van der Waals surface area contributed by atoms with Crippen LogP contribution in [0.15, 0.2) is 12.7 Å². The van der Waals surface area contributed by atoms with Gasteiger partial charge in [0.15, 0.2) is 0 Å². The van der Waals surface area contributed by atoms with Crippen LogP contribution < -0.4 is 5.32 Å². The van der Waals surface area contributed by atoms with Crippen molar-refractivity contribution in [3.05, 3.63) is 12.7 Å². The molecule has 0 aromatic rings. The molecular weight excluding hydrogens is 298 g/mol. The monoisotopic (exact) mass is 333 g/mol. The van der Waals surface area contributed by atoms with Gasteiger partial charge in [0.05, 0.1) is 11.6 Å². The molecule has 0 radical (unpaired) electrons. The van der Waals surface area contributed by atoms with Gasteiger partial charge in [0.2, 0.25) is 5.91 Å². The van der Waals surface area contributed by atoms with Gasteiger partial charge in [-0.15, -0.1) is 6.58 Å². The van der Waals surface area contributed by atoms with Crippen molar-refractivity contribution < 1.29 is 4.79 Å². The van der Waals surface area contributed by atoms with E-state index < -0.39 is 0 Å². The second kappa shape index (κ2) is 8.48. The molecule has 0 spiro atoms. The molecule has 24 heavy (non-hydrogen) atoms. The number of carbonyl (C=O) groups is 1. The fourth-order valence-electron chi connectivity index (χ4n) is 4.95. The number of nitrogens with zero attached hydrogens (tertiary/aromatic N) is 2. The second-order valence-electron chi connectivity index (χ2n) is 8.11. The molecule has 4 nitrogen and oxygen atoms in total. The molecule has 4 heteroatoms. The Morgan fingerprint density at radius 3 is 2.46 bits per heavy atom. The van der Waals surface area contributed by atoms with Gasteiger partial charge in [0.25, 0.3) is 0 Å². The van der Waals surface area contributed by atoms with Gasteiger partial charge in [-0.3, -0.25) is 9.69 Å². The molecule has 3 fully saturated rings. The number of amides is 1. The summed E-state index contributed by atoms with van der Waals surface area (Å²) in [5, 5.41) is 3.55. The van der Waals surface area contributed by atoms with Gasteiger partial charge in [-0.1, -0.05) is 31.8 Å². The van der Waals surface area contributed by atoms with E-state index in [1.54, 1.807) is 0 Å². The number of likely N-dealkylation sites (tertiary alicyclic amines) is 2. The van der Waals surface area contributed by atoms with Crippen molar-refractivity contribution in [1.82, 2.24) is 15.1 Å². The van der Waals surface area contributed by atoms with Crippen LogP contribution in [0.25, 0.3) is 0 Å². The summed E-state index contributed by atoms with van der Waals surface area (Å²) < 4.78 is 0. The Kier molecular flexibility index (Phi) is 6.34. The first-order valence-electron chi connectivity index (χ1n) is 10.1. The van der Waals surface area contributed by atoms with Crippen molar-refractivity contribution in [2.24, 2.45) is 0 Å². The minimum absolute atomic E-state index is 0.0229. The van der Waals surface area contributed by atoms with Crippen molar-refractivity contribution in [2.75, 3.05) is 32.7 Å². The Hall–Kier alpha value is -0.870. The average Bonchev–Trinajstić information content (AvgIpc) is 3.05. The third kappa shape index (κ3) is 4.40. The van der Waals surface area contributed by atoms with Gasteiger partial charge in [-0.25, -0.2) is 0 Å².